The van der Waals surface area contributed by atoms with Crippen LogP contribution in [0.4, 0.5) is 0 Å². The Kier molecular flexibility index (Phi) is 5.67. The highest BCUT2D eigenvalue weighted by molar-refractivity contribution is 5.78. The van der Waals surface area contributed by atoms with Crippen LogP contribution in [-0.4, -0.2) is 32.5 Å². The predicted octanol–water partition coefficient (Wildman–Crippen LogP) is 3.74. The molecule has 0 aromatic carbocycles. The molecule has 1 aliphatic carbocycles. The van der Waals surface area contributed by atoms with Crippen LogP contribution in [0.3, 0.4) is 0 Å². The molecule has 1 saturated heterocycles. The van der Waals surface area contributed by atoms with Crippen LogP contribution < -0.4 is 0 Å². The van der Waals surface area contributed by atoms with E-state index in [1.807, 2.05) is 13.1 Å². The Morgan fingerprint density at radius 3 is 2.68 bits per heavy atom. The summed E-state index contributed by atoms with van der Waals surface area (Å²) in [5, 5.41) is 1.57. The first-order valence-corrected chi connectivity index (χ1v) is 10.3. The maximum absolute atomic E-state index is 13.1. The Hall–Kier alpha value is -2.34. The van der Waals surface area contributed by atoms with Crippen LogP contribution in [0.2, 0.25) is 0 Å². The molecule has 2 fully saturated rings. The molecule has 2 aromatic heterocycles. The quantitative estimate of drug-likeness (QED) is 0.808. The van der Waals surface area contributed by atoms with Crippen molar-refractivity contribution in [3.05, 3.63) is 53.4 Å². The fourth-order valence-corrected chi connectivity index (χ4v) is 4.45. The molecule has 1 amide bonds. The monoisotopic (exact) mass is 380 g/mol. The molecule has 0 bridgehead atoms. The van der Waals surface area contributed by atoms with Crippen molar-refractivity contribution >= 4 is 5.91 Å². The summed E-state index contributed by atoms with van der Waals surface area (Å²) in [5.74, 6) is 0.802. The third-order valence-electron chi connectivity index (χ3n) is 6.10. The second-order valence-electron chi connectivity index (χ2n) is 8.11. The number of hydrogen-bond donors (Lipinski definition) is 0. The minimum absolute atomic E-state index is 0.0498. The molecule has 0 unspecified atom stereocenters. The molecule has 1 atom stereocenters. The van der Waals surface area contributed by atoms with Gasteiger partial charge in [0.1, 0.15) is 6.04 Å². The number of carbonyl (C=O) groups excluding carboxylic acids is 1. The van der Waals surface area contributed by atoms with Gasteiger partial charge in [0, 0.05) is 36.6 Å². The van der Waals surface area contributed by atoms with Crippen molar-refractivity contribution in [1.29, 1.82) is 0 Å². The fourth-order valence-electron chi connectivity index (χ4n) is 4.45. The number of nitrogens with zero attached hydrogens (tertiary/aromatic N) is 4. The molecule has 148 valence electrons. The van der Waals surface area contributed by atoms with Crippen molar-refractivity contribution in [2.24, 2.45) is 11.8 Å². The van der Waals surface area contributed by atoms with Crippen LogP contribution in [0.5, 0.6) is 0 Å². The van der Waals surface area contributed by atoms with Gasteiger partial charge in [-0.15, -0.1) is 0 Å². The van der Waals surface area contributed by atoms with Gasteiger partial charge in [-0.1, -0.05) is 0 Å². The molecule has 3 heterocycles. The van der Waals surface area contributed by atoms with Gasteiger partial charge in [0.15, 0.2) is 0 Å². The average Bonchev–Trinajstić information content (AvgIpc) is 3.21. The lowest BCUT2D eigenvalue weighted by atomic mass is 9.78. The van der Waals surface area contributed by atoms with Crippen molar-refractivity contribution in [3.8, 4) is 0 Å². The van der Waals surface area contributed by atoms with E-state index in [1.54, 1.807) is 23.7 Å². The molecule has 6 nitrogen and oxygen atoms in total. The Bertz CT molecular complexity index is 819. The van der Waals surface area contributed by atoms with Gasteiger partial charge in [0.05, 0.1) is 18.5 Å². The average molecular weight is 380 g/mol. The van der Waals surface area contributed by atoms with E-state index in [2.05, 4.69) is 27.9 Å². The largest absolute Gasteiger partial charge is 0.272 e. The van der Waals surface area contributed by atoms with Gasteiger partial charge in [-0.2, -0.15) is 0 Å². The predicted molar refractivity (Wildman–Crippen MR) is 105 cm³/mol. The SMILES string of the molecule is Cc1cc(CC2CCC(C(=O)N3OCC[C@H]3c3cnccn3)CC2)c(C)cn1. The first-order chi connectivity index (χ1) is 13.6. The maximum Gasteiger partial charge on any atom is 0.249 e. The molecule has 2 aliphatic rings. The molecule has 0 N–H and O–H groups in total. The van der Waals surface area contributed by atoms with Gasteiger partial charge < -0.3 is 0 Å². The van der Waals surface area contributed by atoms with Gasteiger partial charge >= 0.3 is 0 Å². The van der Waals surface area contributed by atoms with Gasteiger partial charge in [-0.05, 0) is 69.1 Å². The Morgan fingerprint density at radius 1 is 1.11 bits per heavy atom. The van der Waals surface area contributed by atoms with Gasteiger partial charge in [0.2, 0.25) is 5.91 Å². The summed E-state index contributed by atoms with van der Waals surface area (Å²) < 4.78 is 0. The molecule has 0 radical (unpaired) electrons. The summed E-state index contributed by atoms with van der Waals surface area (Å²) in [6.07, 6.45) is 12.9. The second kappa shape index (κ2) is 8.35. The highest BCUT2D eigenvalue weighted by Gasteiger charge is 2.37. The summed E-state index contributed by atoms with van der Waals surface area (Å²) in [5.41, 5.74) is 4.55. The lowest BCUT2D eigenvalue weighted by Gasteiger charge is -2.32. The van der Waals surface area contributed by atoms with Gasteiger partial charge in [0.25, 0.3) is 0 Å². The molecule has 28 heavy (non-hydrogen) atoms. The van der Waals surface area contributed by atoms with Crippen molar-refractivity contribution in [1.82, 2.24) is 20.0 Å². The van der Waals surface area contributed by atoms with E-state index in [1.165, 1.54) is 11.1 Å². The molecule has 4 rings (SSSR count). The molecule has 0 spiro atoms. The molecular formula is C22H28N4O2. The van der Waals surface area contributed by atoms with E-state index in [0.717, 1.165) is 49.9 Å². The number of carbonyl (C=O) groups is 1. The number of pyridine rings is 1. The number of hydroxylamine groups is 2. The first-order valence-electron chi connectivity index (χ1n) is 10.3. The molecular weight excluding hydrogens is 352 g/mol. The van der Waals surface area contributed by atoms with E-state index in [-0.39, 0.29) is 17.9 Å². The van der Waals surface area contributed by atoms with Crippen LogP contribution in [0.1, 0.15) is 60.7 Å². The molecule has 1 aliphatic heterocycles. The Morgan fingerprint density at radius 2 is 1.93 bits per heavy atom. The van der Waals surface area contributed by atoms with Crippen LogP contribution >= 0.6 is 0 Å². The van der Waals surface area contributed by atoms with Gasteiger partial charge in [-0.3, -0.25) is 24.6 Å². The topological polar surface area (TPSA) is 68.2 Å². The summed E-state index contributed by atoms with van der Waals surface area (Å²) in [4.78, 5) is 31.7. The van der Waals surface area contributed by atoms with Gasteiger partial charge in [-0.25, -0.2) is 5.06 Å². The lowest BCUT2D eigenvalue weighted by Crippen LogP contribution is -2.37. The highest BCUT2D eigenvalue weighted by Crippen LogP contribution is 2.36. The highest BCUT2D eigenvalue weighted by atomic mass is 16.7. The molecule has 1 saturated carbocycles. The number of hydrogen-bond acceptors (Lipinski definition) is 5. The molecule has 6 heteroatoms. The zero-order chi connectivity index (χ0) is 19.5. The summed E-state index contributed by atoms with van der Waals surface area (Å²) in [6.45, 7) is 4.74. The smallest absolute Gasteiger partial charge is 0.249 e. The third-order valence-corrected chi connectivity index (χ3v) is 6.10. The van der Waals surface area contributed by atoms with E-state index < -0.39 is 0 Å². The number of amides is 1. The second-order valence-corrected chi connectivity index (χ2v) is 8.11. The number of aryl methyl sites for hydroxylation is 2. The van der Waals surface area contributed by atoms with Crippen LogP contribution in [0, 0.1) is 25.7 Å². The van der Waals surface area contributed by atoms with Crippen molar-refractivity contribution < 1.29 is 9.63 Å². The van der Waals surface area contributed by atoms with Crippen LogP contribution in [-0.2, 0) is 16.1 Å². The summed E-state index contributed by atoms with van der Waals surface area (Å²) in [6, 6.07) is 2.09. The summed E-state index contributed by atoms with van der Waals surface area (Å²) >= 11 is 0. The van der Waals surface area contributed by atoms with Crippen molar-refractivity contribution in [2.75, 3.05) is 6.61 Å². The van der Waals surface area contributed by atoms with Crippen LogP contribution in [0.25, 0.3) is 0 Å². The zero-order valence-electron chi connectivity index (χ0n) is 16.7. The van der Waals surface area contributed by atoms with E-state index in [4.69, 9.17) is 4.84 Å². The van der Waals surface area contributed by atoms with Crippen LogP contribution in [0.15, 0.2) is 30.9 Å². The first kappa shape index (κ1) is 19.0. The fraction of sp³-hybridized carbons (Fsp3) is 0.545. The standard InChI is InChI=1S/C22H28N4O2/c1-15-13-25-16(2)11-19(15)12-17-3-5-18(6-4-17)22(27)26-21(7-10-28-26)20-14-23-8-9-24-20/h8-9,11,13-14,17-18,21H,3-7,10,12H2,1-2H3/t17?,18?,21-/m0/s1. The normalized spacial score (nSPS) is 25.1. The maximum atomic E-state index is 13.1. The lowest BCUT2D eigenvalue weighted by molar-refractivity contribution is -0.183. The van der Waals surface area contributed by atoms with Crippen molar-refractivity contribution in [3.63, 3.8) is 0 Å². The Balaban J connectivity index is 1.35. The minimum atomic E-state index is -0.110. The van der Waals surface area contributed by atoms with E-state index in [0.29, 0.717) is 12.5 Å². The van der Waals surface area contributed by atoms with E-state index in [9.17, 15) is 4.79 Å². The minimum Gasteiger partial charge on any atom is -0.272 e. The summed E-state index contributed by atoms with van der Waals surface area (Å²) in [7, 11) is 0. The van der Waals surface area contributed by atoms with E-state index >= 15 is 0 Å². The Labute approximate surface area is 166 Å². The van der Waals surface area contributed by atoms with Crippen molar-refractivity contribution in [2.45, 2.75) is 58.4 Å². The zero-order valence-corrected chi connectivity index (χ0v) is 16.7. The molecule has 2 aromatic rings. The third kappa shape index (κ3) is 4.07. The number of rotatable bonds is 4. The number of aromatic nitrogens is 3.